The maximum atomic E-state index is 12.6. The van der Waals surface area contributed by atoms with Gasteiger partial charge in [-0.1, -0.05) is 0 Å². The Labute approximate surface area is 134 Å². The van der Waals surface area contributed by atoms with Gasteiger partial charge < -0.3 is 15.3 Å². The summed E-state index contributed by atoms with van der Waals surface area (Å²) < 4.78 is 0. The second kappa shape index (κ2) is 7.75. The van der Waals surface area contributed by atoms with Gasteiger partial charge >= 0.3 is 0 Å². The molecule has 2 N–H and O–H groups in total. The standard InChI is InChI=1S/C17H31N3O2/c21-10-5-16-13-20(9-8-19(16)12-15-1-2-15)17(22)11-14-3-6-18-7-4-14/h14-16,18,21H,1-13H2/t16-/m0/s1. The lowest BCUT2D eigenvalue weighted by atomic mass is 9.93. The van der Waals surface area contributed by atoms with Gasteiger partial charge in [0.2, 0.25) is 5.91 Å². The molecule has 5 heteroatoms. The highest BCUT2D eigenvalue weighted by molar-refractivity contribution is 5.76. The average molecular weight is 309 g/mol. The molecule has 0 aromatic carbocycles. The Balaban J connectivity index is 1.49. The Kier molecular flexibility index (Phi) is 5.71. The first-order chi connectivity index (χ1) is 10.8. The summed E-state index contributed by atoms with van der Waals surface area (Å²) in [5.74, 6) is 1.77. The topological polar surface area (TPSA) is 55.8 Å². The number of aliphatic hydroxyl groups is 1. The summed E-state index contributed by atoms with van der Waals surface area (Å²) in [5, 5.41) is 12.7. The number of nitrogens with zero attached hydrogens (tertiary/aromatic N) is 2. The Bertz CT molecular complexity index is 367. The minimum Gasteiger partial charge on any atom is -0.396 e. The summed E-state index contributed by atoms with van der Waals surface area (Å²) in [6, 6.07) is 0.358. The van der Waals surface area contributed by atoms with Gasteiger partial charge in [0, 0.05) is 45.2 Å². The van der Waals surface area contributed by atoms with E-state index in [4.69, 9.17) is 0 Å². The highest BCUT2D eigenvalue weighted by Crippen LogP contribution is 2.31. The molecule has 1 atom stereocenters. The van der Waals surface area contributed by atoms with Crippen LogP contribution in [0.25, 0.3) is 0 Å². The lowest BCUT2D eigenvalue weighted by Crippen LogP contribution is -2.55. The van der Waals surface area contributed by atoms with Crippen molar-refractivity contribution < 1.29 is 9.90 Å². The molecule has 2 heterocycles. The fourth-order valence-electron chi connectivity index (χ4n) is 3.88. The third kappa shape index (κ3) is 4.43. The van der Waals surface area contributed by atoms with E-state index in [2.05, 4.69) is 15.1 Å². The Morgan fingerprint density at radius 1 is 1.09 bits per heavy atom. The van der Waals surface area contributed by atoms with Crippen molar-refractivity contribution in [3.63, 3.8) is 0 Å². The number of piperidine rings is 1. The van der Waals surface area contributed by atoms with Crippen molar-refractivity contribution in [2.45, 2.75) is 44.6 Å². The Hall–Kier alpha value is -0.650. The van der Waals surface area contributed by atoms with E-state index in [-0.39, 0.29) is 6.61 Å². The van der Waals surface area contributed by atoms with E-state index in [9.17, 15) is 9.90 Å². The van der Waals surface area contributed by atoms with Gasteiger partial charge in [-0.25, -0.2) is 0 Å². The molecular weight excluding hydrogens is 278 g/mol. The number of piperazine rings is 1. The molecule has 0 bridgehead atoms. The first-order valence-electron chi connectivity index (χ1n) is 9.09. The van der Waals surface area contributed by atoms with Gasteiger partial charge in [-0.15, -0.1) is 0 Å². The molecule has 126 valence electrons. The van der Waals surface area contributed by atoms with Crippen LogP contribution in [0, 0.1) is 11.8 Å². The van der Waals surface area contributed by atoms with Crippen LogP contribution in [0.1, 0.15) is 38.5 Å². The zero-order valence-electron chi connectivity index (χ0n) is 13.7. The molecule has 1 amide bonds. The summed E-state index contributed by atoms with van der Waals surface area (Å²) >= 11 is 0. The summed E-state index contributed by atoms with van der Waals surface area (Å²) in [7, 11) is 0. The predicted molar refractivity (Wildman–Crippen MR) is 86.6 cm³/mol. The number of carbonyl (C=O) groups is 1. The number of carbonyl (C=O) groups excluding carboxylic acids is 1. The normalized spacial score (nSPS) is 28.0. The second-order valence-electron chi connectivity index (χ2n) is 7.34. The molecule has 0 spiro atoms. The molecule has 2 saturated heterocycles. The third-order valence-electron chi connectivity index (χ3n) is 5.53. The first kappa shape index (κ1) is 16.2. The van der Waals surface area contributed by atoms with Gasteiger partial charge in [0.15, 0.2) is 0 Å². The molecule has 3 fully saturated rings. The molecular formula is C17H31N3O2. The molecule has 3 aliphatic rings. The second-order valence-corrected chi connectivity index (χ2v) is 7.34. The molecule has 0 radical (unpaired) electrons. The maximum Gasteiger partial charge on any atom is 0.222 e. The van der Waals surface area contributed by atoms with Crippen LogP contribution in [0.4, 0.5) is 0 Å². The quantitative estimate of drug-likeness (QED) is 0.758. The van der Waals surface area contributed by atoms with Gasteiger partial charge in [-0.2, -0.15) is 0 Å². The first-order valence-corrected chi connectivity index (χ1v) is 9.09. The Morgan fingerprint density at radius 3 is 2.55 bits per heavy atom. The van der Waals surface area contributed by atoms with Crippen molar-refractivity contribution in [1.82, 2.24) is 15.1 Å². The van der Waals surface area contributed by atoms with Crippen molar-refractivity contribution in [2.24, 2.45) is 11.8 Å². The third-order valence-corrected chi connectivity index (χ3v) is 5.53. The number of hydrogen-bond donors (Lipinski definition) is 2. The predicted octanol–water partition coefficient (Wildman–Crippen LogP) is 0.681. The van der Waals surface area contributed by atoms with E-state index >= 15 is 0 Å². The van der Waals surface area contributed by atoms with Crippen LogP contribution in [-0.4, -0.2) is 72.7 Å². The number of nitrogens with one attached hydrogen (secondary N) is 1. The minimum atomic E-state index is 0.224. The molecule has 0 unspecified atom stereocenters. The van der Waals surface area contributed by atoms with E-state index in [0.29, 0.717) is 17.9 Å². The van der Waals surface area contributed by atoms with Gasteiger partial charge in [0.05, 0.1) is 0 Å². The summed E-state index contributed by atoms with van der Waals surface area (Å²) in [5.41, 5.74) is 0. The number of amides is 1. The number of aliphatic hydroxyl groups excluding tert-OH is 1. The van der Waals surface area contributed by atoms with Crippen LogP contribution in [0.3, 0.4) is 0 Å². The zero-order chi connectivity index (χ0) is 15.4. The summed E-state index contributed by atoms with van der Waals surface area (Å²) in [4.78, 5) is 17.2. The van der Waals surface area contributed by atoms with E-state index in [1.165, 1.54) is 19.4 Å². The monoisotopic (exact) mass is 309 g/mol. The molecule has 3 rings (SSSR count). The van der Waals surface area contributed by atoms with Crippen molar-refractivity contribution >= 4 is 5.91 Å². The van der Waals surface area contributed by atoms with Crippen molar-refractivity contribution in [2.75, 3.05) is 45.9 Å². The maximum absolute atomic E-state index is 12.6. The molecule has 22 heavy (non-hydrogen) atoms. The van der Waals surface area contributed by atoms with E-state index in [0.717, 1.165) is 64.3 Å². The fourth-order valence-corrected chi connectivity index (χ4v) is 3.88. The lowest BCUT2D eigenvalue weighted by Gasteiger charge is -2.42. The molecule has 1 saturated carbocycles. The van der Waals surface area contributed by atoms with Crippen LogP contribution >= 0.6 is 0 Å². The molecule has 1 aliphatic carbocycles. The summed E-state index contributed by atoms with van der Waals surface area (Å²) in [6.07, 6.45) is 6.50. The number of hydrogen-bond acceptors (Lipinski definition) is 4. The van der Waals surface area contributed by atoms with E-state index in [1.807, 2.05) is 0 Å². The van der Waals surface area contributed by atoms with Gasteiger partial charge in [-0.3, -0.25) is 9.69 Å². The SMILES string of the molecule is O=C(CC1CCNCC1)N1CCN(CC2CC2)[C@@H](CCO)C1. The smallest absolute Gasteiger partial charge is 0.222 e. The van der Waals surface area contributed by atoms with Crippen LogP contribution in [0.15, 0.2) is 0 Å². The van der Waals surface area contributed by atoms with Crippen molar-refractivity contribution in [3.05, 3.63) is 0 Å². The fraction of sp³-hybridized carbons (Fsp3) is 0.941. The molecule has 0 aromatic rings. The van der Waals surface area contributed by atoms with Crippen LogP contribution in [0.2, 0.25) is 0 Å². The van der Waals surface area contributed by atoms with Crippen LogP contribution in [0.5, 0.6) is 0 Å². The highest BCUT2D eigenvalue weighted by atomic mass is 16.3. The van der Waals surface area contributed by atoms with Gasteiger partial charge in [0.25, 0.3) is 0 Å². The van der Waals surface area contributed by atoms with Crippen LogP contribution < -0.4 is 5.32 Å². The zero-order valence-corrected chi connectivity index (χ0v) is 13.7. The largest absolute Gasteiger partial charge is 0.396 e. The van der Waals surface area contributed by atoms with Crippen molar-refractivity contribution in [3.8, 4) is 0 Å². The summed E-state index contributed by atoms with van der Waals surface area (Å²) in [6.45, 7) is 6.18. The van der Waals surface area contributed by atoms with E-state index < -0.39 is 0 Å². The van der Waals surface area contributed by atoms with Crippen molar-refractivity contribution in [1.29, 1.82) is 0 Å². The van der Waals surface area contributed by atoms with Crippen LogP contribution in [-0.2, 0) is 4.79 Å². The lowest BCUT2D eigenvalue weighted by molar-refractivity contribution is -0.135. The Morgan fingerprint density at radius 2 is 1.86 bits per heavy atom. The average Bonchev–Trinajstić information content (AvgIpc) is 3.34. The molecule has 0 aromatic heterocycles. The number of rotatable bonds is 6. The van der Waals surface area contributed by atoms with Gasteiger partial charge in [0.1, 0.15) is 0 Å². The molecule has 2 aliphatic heterocycles. The molecule has 5 nitrogen and oxygen atoms in total. The highest BCUT2D eigenvalue weighted by Gasteiger charge is 2.33. The minimum absolute atomic E-state index is 0.224. The van der Waals surface area contributed by atoms with E-state index in [1.54, 1.807) is 0 Å². The van der Waals surface area contributed by atoms with Gasteiger partial charge in [-0.05, 0) is 57.0 Å².